The van der Waals surface area contributed by atoms with E-state index in [0.717, 1.165) is 29.7 Å². The molecule has 0 radical (unpaired) electrons. The first kappa shape index (κ1) is 14.9. The molecule has 21 heavy (non-hydrogen) atoms. The highest BCUT2D eigenvalue weighted by atomic mass is 16.6. The van der Waals surface area contributed by atoms with Crippen LogP contribution in [0.25, 0.3) is 0 Å². The minimum atomic E-state index is -0.381. The molecule has 0 bridgehead atoms. The van der Waals surface area contributed by atoms with Crippen LogP contribution in [-0.4, -0.2) is 11.1 Å². The third kappa shape index (κ3) is 3.34. The Labute approximate surface area is 124 Å². The van der Waals surface area contributed by atoms with E-state index in [0.29, 0.717) is 5.56 Å². The summed E-state index contributed by atoms with van der Waals surface area (Å²) in [6.07, 6.45) is 3.36. The van der Waals surface area contributed by atoms with Crippen molar-refractivity contribution in [3.05, 3.63) is 69.3 Å². The Morgan fingerprint density at radius 3 is 2.24 bits per heavy atom. The van der Waals surface area contributed by atoms with Gasteiger partial charge in [0.25, 0.3) is 5.69 Å². The van der Waals surface area contributed by atoms with E-state index in [1.165, 1.54) is 6.07 Å². The molecule has 4 heteroatoms. The Morgan fingerprint density at radius 1 is 1.05 bits per heavy atom. The van der Waals surface area contributed by atoms with Gasteiger partial charge in [-0.1, -0.05) is 44.2 Å². The summed E-state index contributed by atoms with van der Waals surface area (Å²) in [5.74, 6) is 0. The van der Waals surface area contributed by atoms with E-state index in [2.05, 4.69) is 18.8 Å². The Hall–Kier alpha value is -2.49. The van der Waals surface area contributed by atoms with Crippen LogP contribution in [0.5, 0.6) is 0 Å². The van der Waals surface area contributed by atoms with Crippen molar-refractivity contribution in [1.82, 2.24) is 0 Å². The van der Waals surface area contributed by atoms with Crippen molar-refractivity contribution in [2.24, 2.45) is 4.99 Å². The van der Waals surface area contributed by atoms with Crippen molar-refractivity contribution in [2.45, 2.75) is 26.7 Å². The Bertz CT molecular complexity index is 656. The number of benzene rings is 2. The molecule has 2 rings (SSSR count). The first-order chi connectivity index (χ1) is 10.2. The number of nitrogens with zero attached hydrogens (tertiary/aromatic N) is 2. The summed E-state index contributed by atoms with van der Waals surface area (Å²) in [6.45, 7) is 4.16. The zero-order chi connectivity index (χ0) is 15.2. The summed E-state index contributed by atoms with van der Waals surface area (Å²) in [7, 11) is 0. The molecule has 2 aromatic carbocycles. The van der Waals surface area contributed by atoms with Crippen molar-refractivity contribution < 1.29 is 4.92 Å². The van der Waals surface area contributed by atoms with Crippen LogP contribution in [0.2, 0.25) is 0 Å². The van der Waals surface area contributed by atoms with E-state index in [-0.39, 0.29) is 10.6 Å². The third-order valence-electron chi connectivity index (χ3n) is 3.43. The number of hydrogen-bond donors (Lipinski definition) is 0. The molecule has 0 N–H and O–H groups in total. The van der Waals surface area contributed by atoms with E-state index in [1.54, 1.807) is 24.4 Å². The standard InChI is InChI=1S/C17H18N2O2/c1-3-13-9-7-10-14(4-2)17(13)18-12-15-8-5-6-11-16(15)19(20)21/h5-12H,3-4H2,1-2H3. The summed E-state index contributed by atoms with van der Waals surface area (Å²) in [5, 5.41) is 11.0. The first-order valence-electron chi connectivity index (χ1n) is 7.05. The molecule has 0 amide bonds. The minimum absolute atomic E-state index is 0.0771. The van der Waals surface area contributed by atoms with Crippen molar-refractivity contribution in [1.29, 1.82) is 0 Å². The summed E-state index contributed by atoms with van der Waals surface area (Å²) < 4.78 is 0. The number of hydrogen-bond acceptors (Lipinski definition) is 3. The number of aliphatic imine (C=N–C) groups is 1. The molecular weight excluding hydrogens is 264 g/mol. The number of para-hydroxylation sites is 2. The number of rotatable bonds is 5. The lowest BCUT2D eigenvalue weighted by atomic mass is 10.0. The fraction of sp³-hybridized carbons (Fsp3) is 0.235. The van der Waals surface area contributed by atoms with Crippen LogP contribution in [0.1, 0.15) is 30.5 Å². The SMILES string of the molecule is CCc1cccc(CC)c1N=Cc1ccccc1[N+](=O)[O-]. The normalized spacial score (nSPS) is 11.0. The lowest BCUT2D eigenvalue weighted by Crippen LogP contribution is -1.94. The molecule has 4 nitrogen and oxygen atoms in total. The van der Waals surface area contributed by atoms with Crippen molar-refractivity contribution in [3.8, 4) is 0 Å². The molecule has 2 aromatic rings. The van der Waals surface area contributed by atoms with Gasteiger partial charge in [-0.15, -0.1) is 0 Å². The topological polar surface area (TPSA) is 55.5 Å². The first-order valence-corrected chi connectivity index (χ1v) is 7.05. The molecule has 0 heterocycles. The maximum Gasteiger partial charge on any atom is 0.278 e. The predicted octanol–water partition coefficient (Wildman–Crippen LogP) is 4.47. The molecule has 0 aromatic heterocycles. The van der Waals surface area contributed by atoms with Crippen LogP contribution >= 0.6 is 0 Å². The third-order valence-corrected chi connectivity index (χ3v) is 3.43. The van der Waals surface area contributed by atoms with E-state index >= 15 is 0 Å². The monoisotopic (exact) mass is 282 g/mol. The van der Waals surface area contributed by atoms with Crippen LogP contribution in [0.15, 0.2) is 47.5 Å². The second-order valence-corrected chi connectivity index (χ2v) is 4.71. The quantitative estimate of drug-likeness (QED) is 0.461. The molecule has 0 unspecified atom stereocenters. The van der Waals surface area contributed by atoms with Gasteiger partial charge in [-0.25, -0.2) is 0 Å². The van der Waals surface area contributed by atoms with E-state index in [1.807, 2.05) is 18.2 Å². The fourth-order valence-corrected chi connectivity index (χ4v) is 2.28. The molecule has 0 fully saturated rings. The van der Waals surface area contributed by atoms with Gasteiger partial charge in [-0.3, -0.25) is 15.1 Å². The summed E-state index contributed by atoms with van der Waals surface area (Å²) in [4.78, 5) is 15.2. The van der Waals surface area contributed by atoms with Gasteiger partial charge < -0.3 is 0 Å². The zero-order valence-corrected chi connectivity index (χ0v) is 12.2. The van der Waals surface area contributed by atoms with E-state index in [9.17, 15) is 10.1 Å². The van der Waals surface area contributed by atoms with Crippen molar-refractivity contribution in [3.63, 3.8) is 0 Å². The highest BCUT2D eigenvalue weighted by Gasteiger charge is 2.11. The van der Waals surface area contributed by atoms with Gasteiger partial charge in [0.15, 0.2) is 0 Å². The van der Waals surface area contributed by atoms with Crippen LogP contribution in [0, 0.1) is 10.1 Å². The molecule has 0 saturated heterocycles. The van der Waals surface area contributed by atoms with Crippen LogP contribution in [0.3, 0.4) is 0 Å². The number of aryl methyl sites for hydroxylation is 2. The van der Waals surface area contributed by atoms with Crippen molar-refractivity contribution in [2.75, 3.05) is 0 Å². The smallest absolute Gasteiger partial charge is 0.258 e. The molecule has 0 aliphatic carbocycles. The maximum atomic E-state index is 11.0. The summed E-state index contributed by atoms with van der Waals surface area (Å²) in [5.41, 5.74) is 3.85. The molecule has 0 atom stereocenters. The van der Waals surface area contributed by atoms with Gasteiger partial charge in [0.1, 0.15) is 0 Å². The fourth-order valence-electron chi connectivity index (χ4n) is 2.28. The highest BCUT2D eigenvalue weighted by molar-refractivity contribution is 5.87. The van der Waals surface area contributed by atoms with Crippen LogP contribution in [-0.2, 0) is 12.8 Å². The largest absolute Gasteiger partial charge is 0.278 e. The molecular formula is C17H18N2O2. The summed E-state index contributed by atoms with van der Waals surface area (Å²) in [6, 6.07) is 12.8. The second-order valence-electron chi connectivity index (χ2n) is 4.71. The Kier molecular flexibility index (Phi) is 4.82. The minimum Gasteiger partial charge on any atom is -0.258 e. The molecule has 108 valence electrons. The van der Waals surface area contributed by atoms with Gasteiger partial charge in [0.2, 0.25) is 0 Å². The van der Waals surface area contributed by atoms with E-state index < -0.39 is 0 Å². The number of nitro groups is 1. The number of nitro benzene ring substituents is 1. The predicted molar refractivity (Wildman–Crippen MR) is 85.5 cm³/mol. The summed E-state index contributed by atoms with van der Waals surface area (Å²) >= 11 is 0. The van der Waals surface area contributed by atoms with Gasteiger partial charge in [-0.2, -0.15) is 0 Å². The van der Waals surface area contributed by atoms with Crippen molar-refractivity contribution >= 4 is 17.6 Å². The average Bonchev–Trinajstić information content (AvgIpc) is 2.52. The molecule has 0 aliphatic heterocycles. The lowest BCUT2D eigenvalue weighted by molar-refractivity contribution is -0.385. The average molecular weight is 282 g/mol. The van der Waals surface area contributed by atoms with Gasteiger partial charge in [-0.05, 0) is 30.0 Å². The lowest BCUT2D eigenvalue weighted by Gasteiger charge is -2.08. The highest BCUT2D eigenvalue weighted by Crippen LogP contribution is 2.26. The van der Waals surface area contributed by atoms with Crippen LogP contribution < -0.4 is 0 Å². The molecule has 0 saturated carbocycles. The van der Waals surface area contributed by atoms with Crippen LogP contribution in [0.4, 0.5) is 11.4 Å². The van der Waals surface area contributed by atoms with Gasteiger partial charge >= 0.3 is 0 Å². The second kappa shape index (κ2) is 6.79. The zero-order valence-electron chi connectivity index (χ0n) is 12.2. The Balaban J connectivity index is 2.45. The maximum absolute atomic E-state index is 11.0. The van der Waals surface area contributed by atoms with Gasteiger partial charge in [0.05, 0.1) is 16.2 Å². The molecule has 0 spiro atoms. The Morgan fingerprint density at radius 2 is 1.67 bits per heavy atom. The molecule has 0 aliphatic rings. The van der Waals surface area contributed by atoms with Gasteiger partial charge in [0, 0.05) is 12.3 Å². The van der Waals surface area contributed by atoms with E-state index in [4.69, 9.17) is 0 Å².